The molecule has 0 fully saturated rings. The van der Waals surface area contributed by atoms with Crippen LogP contribution in [-0.4, -0.2) is 5.91 Å². The van der Waals surface area contributed by atoms with Crippen molar-refractivity contribution in [3.63, 3.8) is 0 Å². The van der Waals surface area contributed by atoms with Crippen molar-refractivity contribution in [3.05, 3.63) is 70.3 Å². The van der Waals surface area contributed by atoms with Crippen LogP contribution in [-0.2, 0) is 17.8 Å². The second kappa shape index (κ2) is 6.38. The van der Waals surface area contributed by atoms with Crippen molar-refractivity contribution >= 4 is 5.91 Å². The van der Waals surface area contributed by atoms with Gasteiger partial charge in [0, 0.05) is 6.54 Å². The molecule has 0 aromatic heterocycles. The largest absolute Gasteiger partial charge is 0.352 e. The molecule has 2 aromatic rings. The van der Waals surface area contributed by atoms with Crippen LogP contribution in [0.25, 0.3) is 0 Å². The van der Waals surface area contributed by atoms with Crippen LogP contribution in [0.1, 0.15) is 27.8 Å². The van der Waals surface area contributed by atoms with E-state index < -0.39 is 0 Å². The smallest absolute Gasteiger partial charge is 0.224 e. The van der Waals surface area contributed by atoms with Gasteiger partial charge in [-0.3, -0.25) is 4.79 Å². The van der Waals surface area contributed by atoms with Crippen LogP contribution in [0.15, 0.2) is 42.5 Å². The highest BCUT2D eigenvalue weighted by Crippen LogP contribution is 2.11. The van der Waals surface area contributed by atoms with E-state index in [1.165, 1.54) is 16.7 Å². The fourth-order valence-electron chi connectivity index (χ4n) is 2.13. The van der Waals surface area contributed by atoms with Crippen LogP contribution >= 0.6 is 0 Å². The number of hydrogen-bond acceptors (Lipinski definition) is 1. The fraction of sp³-hybridized carbons (Fsp3) is 0.278. The summed E-state index contributed by atoms with van der Waals surface area (Å²) in [6.07, 6.45) is 0.444. The number of benzene rings is 2. The molecule has 0 aliphatic carbocycles. The average molecular weight is 267 g/mol. The van der Waals surface area contributed by atoms with Gasteiger partial charge in [0.25, 0.3) is 0 Å². The van der Waals surface area contributed by atoms with E-state index in [1.54, 1.807) is 0 Å². The van der Waals surface area contributed by atoms with Gasteiger partial charge in [-0.2, -0.15) is 0 Å². The van der Waals surface area contributed by atoms with Crippen molar-refractivity contribution in [2.75, 3.05) is 0 Å². The van der Waals surface area contributed by atoms with Crippen molar-refractivity contribution in [2.45, 2.75) is 33.7 Å². The molecule has 0 radical (unpaired) electrons. The first kappa shape index (κ1) is 14.3. The summed E-state index contributed by atoms with van der Waals surface area (Å²) < 4.78 is 0. The van der Waals surface area contributed by atoms with Crippen LogP contribution in [0.2, 0.25) is 0 Å². The molecule has 0 saturated carbocycles. The van der Waals surface area contributed by atoms with E-state index in [9.17, 15) is 4.79 Å². The fourth-order valence-corrected chi connectivity index (χ4v) is 2.13. The summed E-state index contributed by atoms with van der Waals surface area (Å²) in [6.45, 7) is 6.74. The van der Waals surface area contributed by atoms with E-state index in [0.29, 0.717) is 13.0 Å². The highest BCUT2D eigenvalue weighted by molar-refractivity contribution is 5.79. The molecule has 0 unspecified atom stereocenters. The summed E-state index contributed by atoms with van der Waals surface area (Å²) >= 11 is 0. The molecule has 0 heterocycles. The van der Waals surface area contributed by atoms with Crippen LogP contribution in [0.3, 0.4) is 0 Å². The Morgan fingerprint density at radius 2 is 1.60 bits per heavy atom. The van der Waals surface area contributed by atoms with Gasteiger partial charge in [0.15, 0.2) is 0 Å². The van der Waals surface area contributed by atoms with E-state index in [2.05, 4.69) is 42.6 Å². The maximum absolute atomic E-state index is 12.0. The number of hydrogen-bond donors (Lipinski definition) is 1. The first-order valence-electron chi connectivity index (χ1n) is 6.93. The Balaban J connectivity index is 1.92. The Labute approximate surface area is 120 Å². The highest BCUT2D eigenvalue weighted by atomic mass is 16.1. The molecule has 1 N–H and O–H groups in total. The third-order valence-corrected chi connectivity index (χ3v) is 3.47. The highest BCUT2D eigenvalue weighted by Gasteiger charge is 2.06. The Morgan fingerprint density at radius 3 is 2.30 bits per heavy atom. The molecule has 2 nitrogen and oxygen atoms in total. The molecular formula is C18H21NO. The molecule has 104 valence electrons. The number of carbonyl (C=O) groups is 1. The Morgan fingerprint density at radius 1 is 0.950 bits per heavy atom. The van der Waals surface area contributed by atoms with Crippen molar-refractivity contribution < 1.29 is 4.79 Å². The van der Waals surface area contributed by atoms with E-state index in [4.69, 9.17) is 0 Å². The molecule has 2 rings (SSSR count). The monoisotopic (exact) mass is 267 g/mol. The summed E-state index contributed by atoms with van der Waals surface area (Å²) in [5.74, 6) is 0.0688. The summed E-state index contributed by atoms with van der Waals surface area (Å²) in [5.41, 5.74) is 5.82. The zero-order chi connectivity index (χ0) is 14.5. The summed E-state index contributed by atoms with van der Waals surface area (Å²) in [4.78, 5) is 12.0. The van der Waals surface area contributed by atoms with Crippen LogP contribution in [0.5, 0.6) is 0 Å². The third kappa shape index (κ3) is 3.95. The molecular weight excluding hydrogens is 246 g/mol. The minimum absolute atomic E-state index is 0.0688. The number of aryl methyl sites for hydroxylation is 3. The van der Waals surface area contributed by atoms with Gasteiger partial charge in [-0.1, -0.05) is 53.6 Å². The van der Waals surface area contributed by atoms with E-state index in [1.807, 2.05) is 26.0 Å². The lowest BCUT2D eigenvalue weighted by molar-refractivity contribution is -0.120. The SMILES string of the molecule is Cc1ccc(CNC(=O)Cc2cc(C)ccc2C)cc1. The lowest BCUT2D eigenvalue weighted by Crippen LogP contribution is -2.24. The molecule has 2 heteroatoms. The van der Waals surface area contributed by atoms with Crippen molar-refractivity contribution in [1.29, 1.82) is 0 Å². The lowest BCUT2D eigenvalue weighted by Gasteiger charge is -2.08. The van der Waals surface area contributed by atoms with Gasteiger partial charge in [-0.15, -0.1) is 0 Å². The molecule has 2 aromatic carbocycles. The van der Waals surface area contributed by atoms with Crippen molar-refractivity contribution in [1.82, 2.24) is 5.32 Å². The minimum atomic E-state index is 0.0688. The van der Waals surface area contributed by atoms with Gasteiger partial charge in [-0.25, -0.2) is 0 Å². The van der Waals surface area contributed by atoms with Gasteiger partial charge < -0.3 is 5.32 Å². The number of amides is 1. The predicted molar refractivity (Wildman–Crippen MR) is 82.6 cm³/mol. The maximum atomic E-state index is 12.0. The first-order valence-corrected chi connectivity index (χ1v) is 6.93. The summed E-state index contributed by atoms with van der Waals surface area (Å²) in [5, 5.41) is 2.97. The van der Waals surface area contributed by atoms with Crippen molar-refractivity contribution in [2.24, 2.45) is 0 Å². The Bertz CT molecular complexity index is 599. The average Bonchev–Trinajstić information content (AvgIpc) is 2.42. The summed E-state index contributed by atoms with van der Waals surface area (Å²) in [6, 6.07) is 14.4. The molecule has 0 bridgehead atoms. The van der Waals surface area contributed by atoms with E-state index in [-0.39, 0.29) is 5.91 Å². The Hall–Kier alpha value is -2.09. The standard InChI is InChI=1S/C18H21NO/c1-13-5-8-16(9-6-13)12-19-18(20)11-17-10-14(2)4-7-15(17)3/h4-10H,11-12H2,1-3H3,(H,19,20). The topological polar surface area (TPSA) is 29.1 Å². The van der Waals surface area contributed by atoms with E-state index >= 15 is 0 Å². The van der Waals surface area contributed by atoms with Crippen LogP contribution < -0.4 is 5.32 Å². The quantitative estimate of drug-likeness (QED) is 0.903. The van der Waals surface area contributed by atoms with Gasteiger partial charge in [0.05, 0.1) is 6.42 Å². The number of carbonyl (C=O) groups excluding carboxylic acids is 1. The van der Waals surface area contributed by atoms with Gasteiger partial charge in [0.2, 0.25) is 5.91 Å². The Kier molecular flexibility index (Phi) is 4.57. The molecule has 0 aliphatic rings. The maximum Gasteiger partial charge on any atom is 0.224 e. The minimum Gasteiger partial charge on any atom is -0.352 e. The van der Waals surface area contributed by atoms with Crippen LogP contribution in [0, 0.1) is 20.8 Å². The predicted octanol–water partition coefficient (Wildman–Crippen LogP) is 3.47. The summed E-state index contributed by atoms with van der Waals surface area (Å²) in [7, 11) is 0. The molecule has 0 aliphatic heterocycles. The third-order valence-electron chi connectivity index (χ3n) is 3.47. The normalized spacial score (nSPS) is 10.3. The van der Waals surface area contributed by atoms with Gasteiger partial charge >= 0.3 is 0 Å². The van der Waals surface area contributed by atoms with Gasteiger partial charge in [-0.05, 0) is 37.5 Å². The van der Waals surface area contributed by atoms with Crippen LogP contribution in [0.4, 0.5) is 0 Å². The van der Waals surface area contributed by atoms with Crippen molar-refractivity contribution in [3.8, 4) is 0 Å². The lowest BCUT2D eigenvalue weighted by atomic mass is 10.0. The first-order chi connectivity index (χ1) is 9.54. The molecule has 0 spiro atoms. The second-order valence-corrected chi connectivity index (χ2v) is 5.37. The zero-order valence-electron chi connectivity index (χ0n) is 12.4. The molecule has 20 heavy (non-hydrogen) atoms. The van der Waals surface area contributed by atoms with Gasteiger partial charge in [0.1, 0.15) is 0 Å². The molecule has 0 atom stereocenters. The van der Waals surface area contributed by atoms with E-state index in [0.717, 1.165) is 11.1 Å². The number of nitrogens with one attached hydrogen (secondary N) is 1. The molecule has 0 saturated heterocycles. The second-order valence-electron chi connectivity index (χ2n) is 5.37. The zero-order valence-corrected chi connectivity index (χ0v) is 12.4. The number of rotatable bonds is 4. The molecule has 1 amide bonds.